The van der Waals surface area contributed by atoms with Gasteiger partial charge in [0.1, 0.15) is 5.60 Å². The number of nitrogens with one attached hydrogen (secondary N) is 1. The first-order valence-corrected chi connectivity index (χ1v) is 7.85. The van der Waals surface area contributed by atoms with Crippen molar-refractivity contribution in [3.8, 4) is 0 Å². The van der Waals surface area contributed by atoms with Gasteiger partial charge in [-0.3, -0.25) is 4.79 Å². The van der Waals surface area contributed by atoms with Crippen molar-refractivity contribution in [3.63, 3.8) is 0 Å². The summed E-state index contributed by atoms with van der Waals surface area (Å²) in [7, 11) is 1.62. The maximum atomic E-state index is 12.1. The molecule has 0 unspecified atom stereocenters. The largest absolute Gasteiger partial charge is 0.444 e. The van der Waals surface area contributed by atoms with Crippen molar-refractivity contribution < 1.29 is 14.3 Å². The molecule has 1 aromatic carbocycles. The lowest BCUT2D eigenvalue weighted by atomic mass is 10.1. The summed E-state index contributed by atoms with van der Waals surface area (Å²) in [6.07, 6.45) is -0.257. The maximum absolute atomic E-state index is 12.1. The highest BCUT2D eigenvalue weighted by molar-refractivity contribution is 5.94. The van der Waals surface area contributed by atoms with Gasteiger partial charge in [0.25, 0.3) is 5.91 Å². The van der Waals surface area contributed by atoms with E-state index in [9.17, 15) is 9.59 Å². The normalized spacial score (nSPS) is 15.3. The van der Waals surface area contributed by atoms with Gasteiger partial charge in [-0.2, -0.15) is 0 Å². The molecule has 2 rings (SSSR count). The van der Waals surface area contributed by atoms with Gasteiger partial charge in [-0.1, -0.05) is 0 Å². The van der Waals surface area contributed by atoms with Crippen LogP contribution in [0.5, 0.6) is 0 Å². The highest BCUT2D eigenvalue weighted by atomic mass is 16.6. The molecule has 0 radical (unpaired) electrons. The van der Waals surface area contributed by atoms with Gasteiger partial charge in [-0.25, -0.2) is 4.79 Å². The zero-order valence-electron chi connectivity index (χ0n) is 14.3. The zero-order chi connectivity index (χ0) is 17.0. The topological polar surface area (TPSA) is 61.9 Å². The van der Waals surface area contributed by atoms with E-state index in [1.807, 2.05) is 45.0 Å². The summed E-state index contributed by atoms with van der Waals surface area (Å²) >= 11 is 0. The quantitative estimate of drug-likeness (QED) is 0.907. The van der Waals surface area contributed by atoms with E-state index in [4.69, 9.17) is 4.74 Å². The number of nitrogens with zero attached hydrogens (tertiary/aromatic N) is 2. The SMILES string of the molecule is CNC(=O)c1ccc(N2CCN(C(=O)OC(C)(C)C)CC2)cc1. The molecule has 1 saturated heterocycles. The minimum absolute atomic E-state index is 0.0914. The van der Waals surface area contributed by atoms with E-state index in [0.29, 0.717) is 18.7 Å². The van der Waals surface area contributed by atoms with Gasteiger partial charge >= 0.3 is 6.09 Å². The zero-order valence-corrected chi connectivity index (χ0v) is 14.3. The van der Waals surface area contributed by atoms with Crippen LogP contribution in [0, 0.1) is 0 Å². The van der Waals surface area contributed by atoms with Crippen molar-refractivity contribution >= 4 is 17.7 Å². The molecule has 1 aromatic rings. The molecule has 0 saturated carbocycles. The Kier molecular flexibility index (Phi) is 5.13. The van der Waals surface area contributed by atoms with E-state index < -0.39 is 5.60 Å². The van der Waals surface area contributed by atoms with Crippen LogP contribution >= 0.6 is 0 Å². The molecule has 0 atom stereocenters. The molecule has 0 aliphatic carbocycles. The lowest BCUT2D eigenvalue weighted by molar-refractivity contribution is 0.0240. The molecule has 0 bridgehead atoms. The molecule has 1 aliphatic rings. The van der Waals surface area contributed by atoms with Crippen LogP contribution in [0.1, 0.15) is 31.1 Å². The summed E-state index contributed by atoms with van der Waals surface area (Å²) < 4.78 is 5.40. The predicted molar refractivity (Wildman–Crippen MR) is 89.9 cm³/mol. The summed E-state index contributed by atoms with van der Waals surface area (Å²) in [6, 6.07) is 7.50. The van der Waals surface area contributed by atoms with Crippen LogP contribution in [-0.4, -0.2) is 55.7 Å². The summed E-state index contributed by atoms with van der Waals surface area (Å²) in [4.78, 5) is 27.5. The molecule has 6 nitrogen and oxygen atoms in total. The Balaban J connectivity index is 1.91. The number of rotatable bonds is 2. The van der Waals surface area contributed by atoms with E-state index in [1.54, 1.807) is 11.9 Å². The van der Waals surface area contributed by atoms with Gasteiger partial charge in [-0.15, -0.1) is 0 Å². The molecule has 6 heteroatoms. The Bertz CT molecular complexity index is 555. The second-order valence-corrected chi connectivity index (χ2v) is 6.58. The van der Waals surface area contributed by atoms with Gasteiger partial charge in [0.05, 0.1) is 0 Å². The Morgan fingerprint density at radius 2 is 1.61 bits per heavy atom. The molecular weight excluding hydrogens is 294 g/mol. The van der Waals surface area contributed by atoms with Crippen molar-refractivity contribution in [3.05, 3.63) is 29.8 Å². The van der Waals surface area contributed by atoms with E-state index >= 15 is 0 Å². The smallest absolute Gasteiger partial charge is 0.410 e. The Labute approximate surface area is 137 Å². The van der Waals surface area contributed by atoms with Crippen LogP contribution in [-0.2, 0) is 4.74 Å². The molecular formula is C17H25N3O3. The second kappa shape index (κ2) is 6.89. The number of piperazine rings is 1. The molecule has 1 N–H and O–H groups in total. The number of amides is 2. The average molecular weight is 319 g/mol. The van der Waals surface area contributed by atoms with Crippen LogP contribution in [0.4, 0.5) is 10.5 Å². The average Bonchev–Trinajstić information content (AvgIpc) is 2.53. The summed E-state index contributed by atoms with van der Waals surface area (Å²) in [5, 5.41) is 2.61. The molecule has 1 aliphatic heterocycles. The molecule has 2 amide bonds. The number of carbonyl (C=O) groups excluding carboxylic acids is 2. The number of benzene rings is 1. The molecule has 1 heterocycles. The van der Waals surface area contributed by atoms with Crippen molar-refractivity contribution in [1.82, 2.24) is 10.2 Å². The Hall–Kier alpha value is -2.24. The summed E-state index contributed by atoms with van der Waals surface area (Å²) in [5.74, 6) is -0.0914. The van der Waals surface area contributed by atoms with Crippen LogP contribution in [0.2, 0.25) is 0 Å². The predicted octanol–water partition coefficient (Wildman–Crippen LogP) is 2.10. The van der Waals surface area contributed by atoms with Crippen LogP contribution in [0.3, 0.4) is 0 Å². The van der Waals surface area contributed by atoms with E-state index in [1.165, 1.54) is 0 Å². The first kappa shape index (κ1) is 17.1. The minimum Gasteiger partial charge on any atom is -0.444 e. The number of hydrogen-bond acceptors (Lipinski definition) is 4. The number of hydrogen-bond donors (Lipinski definition) is 1. The fraction of sp³-hybridized carbons (Fsp3) is 0.529. The fourth-order valence-corrected chi connectivity index (χ4v) is 2.44. The first-order valence-electron chi connectivity index (χ1n) is 7.85. The highest BCUT2D eigenvalue weighted by Gasteiger charge is 2.25. The van der Waals surface area contributed by atoms with Gasteiger partial charge in [0.15, 0.2) is 0 Å². The Morgan fingerprint density at radius 1 is 1.04 bits per heavy atom. The molecule has 0 aromatic heterocycles. The van der Waals surface area contributed by atoms with Crippen molar-refractivity contribution in [1.29, 1.82) is 0 Å². The van der Waals surface area contributed by atoms with Gasteiger partial charge in [-0.05, 0) is 45.0 Å². The van der Waals surface area contributed by atoms with Crippen LogP contribution < -0.4 is 10.2 Å². The highest BCUT2D eigenvalue weighted by Crippen LogP contribution is 2.18. The third-order valence-corrected chi connectivity index (χ3v) is 3.65. The Morgan fingerprint density at radius 3 is 2.09 bits per heavy atom. The van der Waals surface area contributed by atoms with Crippen LogP contribution in [0.25, 0.3) is 0 Å². The van der Waals surface area contributed by atoms with E-state index in [-0.39, 0.29) is 12.0 Å². The number of anilines is 1. The summed E-state index contributed by atoms with van der Waals surface area (Å²) in [5.41, 5.74) is 1.23. The molecule has 1 fully saturated rings. The number of ether oxygens (including phenoxy) is 1. The number of carbonyl (C=O) groups is 2. The van der Waals surface area contributed by atoms with Gasteiger partial charge in [0.2, 0.25) is 0 Å². The van der Waals surface area contributed by atoms with E-state index in [2.05, 4.69) is 10.2 Å². The third-order valence-electron chi connectivity index (χ3n) is 3.65. The molecule has 126 valence electrons. The van der Waals surface area contributed by atoms with E-state index in [0.717, 1.165) is 18.8 Å². The lowest BCUT2D eigenvalue weighted by Gasteiger charge is -2.36. The van der Waals surface area contributed by atoms with Crippen LogP contribution in [0.15, 0.2) is 24.3 Å². The van der Waals surface area contributed by atoms with Gasteiger partial charge in [0, 0.05) is 44.5 Å². The lowest BCUT2D eigenvalue weighted by Crippen LogP contribution is -2.50. The minimum atomic E-state index is -0.468. The monoisotopic (exact) mass is 319 g/mol. The molecule has 0 spiro atoms. The van der Waals surface area contributed by atoms with Crippen molar-refractivity contribution in [2.75, 3.05) is 38.1 Å². The van der Waals surface area contributed by atoms with Crippen molar-refractivity contribution in [2.45, 2.75) is 26.4 Å². The first-order chi connectivity index (χ1) is 10.8. The molecule has 23 heavy (non-hydrogen) atoms. The second-order valence-electron chi connectivity index (χ2n) is 6.58. The maximum Gasteiger partial charge on any atom is 0.410 e. The summed E-state index contributed by atoms with van der Waals surface area (Å²) in [6.45, 7) is 8.37. The standard InChI is InChI=1S/C17H25N3O3/c1-17(2,3)23-16(22)20-11-9-19(10-12-20)14-7-5-13(6-8-14)15(21)18-4/h5-8H,9-12H2,1-4H3,(H,18,21). The van der Waals surface area contributed by atoms with Crippen molar-refractivity contribution in [2.24, 2.45) is 0 Å². The third kappa shape index (κ3) is 4.61. The van der Waals surface area contributed by atoms with Gasteiger partial charge < -0.3 is 19.9 Å². The fourth-order valence-electron chi connectivity index (χ4n) is 2.44.